The van der Waals surface area contributed by atoms with E-state index in [4.69, 9.17) is 16.3 Å². The molecule has 0 aliphatic rings. The van der Waals surface area contributed by atoms with Gasteiger partial charge in [-0.2, -0.15) is 0 Å². The number of nitrogens with zero attached hydrogens (tertiary/aromatic N) is 3. The standard InChI is InChI=1S/C15H15ClN4O6S/c1-3-26-9-5-6-11(12(7-9)20(22)23)18-14(21)13-10(16)8-17-15(19-13)27(24,25)4-2/h5-8H,3-4H2,1-2H3,(H,18,21). The van der Waals surface area contributed by atoms with E-state index in [-0.39, 0.29) is 22.2 Å². The lowest BCUT2D eigenvalue weighted by Crippen LogP contribution is -2.18. The van der Waals surface area contributed by atoms with Gasteiger partial charge < -0.3 is 10.1 Å². The van der Waals surface area contributed by atoms with E-state index in [9.17, 15) is 23.3 Å². The van der Waals surface area contributed by atoms with E-state index in [1.165, 1.54) is 19.1 Å². The highest BCUT2D eigenvalue weighted by atomic mass is 35.5. The molecule has 0 saturated carbocycles. The van der Waals surface area contributed by atoms with Crippen LogP contribution >= 0.6 is 11.6 Å². The number of nitrogens with one attached hydrogen (secondary N) is 1. The summed E-state index contributed by atoms with van der Waals surface area (Å²) in [7, 11) is -3.76. The summed E-state index contributed by atoms with van der Waals surface area (Å²) in [5, 5.41) is 12.8. The number of sulfone groups is 1. The first-order valence-electron chi connectivity index (χ1n) is 7.67. The van der Waals surface area contributed by atoms with Crippen molar-refractivity contribution in [1.82, 2.24) is 9.97 Å². The van der Waals surface area contributed by atoms with Crippen molar-refractivity contribution in [1.29, 1.82) is 0 Å². The SMILES string of the molecule is CCOc1ccc(NC(=O)c2nc(S(=O)(=O)CC)ncc2Cl)c([N+](=O)[O-])c1. The predicted octanol–water partition coefficient (Wildman–Crippen LogP) is 2.48. The average Bonchev–Trinajstić information content (AvgIpc) is 2.63. The summed E-state index contributed by atoms with van der Waals surface area (Å²) in [4.78, 5) is 30.3. The molecular formula is C15H15ClN4O6S. The van der Waals surface area contributed by atoms with Gasteiger partial charge in [-0.05, 0) is 19.1 Å². The third-order valence-electron chi connectivity index (χ3n) is 3.32. The topological polar surface area (TPSA) is 141 Å². The van der Waals surface area contributed by atoms with Crippen LogP contribution in [0.15, 0.2) is 29.6 Å². The minimum atomic E-state index is -3.76. The van der Waals surface area contributed by atoms with Crippen molar-refractivity contribution in [2.45, 2.75) is 19.0 Å². The molecule has 144 valence electrons. The first-order chi connectivity index (χ1) is 12.7. The lowest BCUT2D eigenvalue weighted by atomic mass is 10.2. The van der Waals surface area contributed by atoms with Crippen LogP contribution in [0.2, 0.25) is 5.02 Å². The van der Waals surface area contributed by atoms with Crippen LogP contribution in [0.3, 0.4) is 0 Å². The molecule has 0 fully saturated rings. The van der Waals surface area contributed by atoms with E-state index in [0.717, 1.165) is 12.3 Å². The van der Waals surface area contributed by atoms with Gasteiger partial charge in [-0.25, -0.2) is 18.4 Å². The van der Waals surface area contributed by atoms with Crippen LogP contribution in [-0.2, 0) is 9.84 Å². The molecule has 1 heterocycles. The molecule has 1 N–H and O–H groups in total. The summed E-state index contributed by atoms with van der Waals surface area (Å²) in [6.45, 7) is 3.44. The predicted molar refractivity (Wildman–Crippen MR) is 97.0 cm³/mol. The molecule has 0 atom stereocenters. The fraction of sp³-hybridized carbons (Fsp3) is 0.267. The van der Waals surface area contributed by atoms with Crippen LogP contribution < -0.4 is 10.1 Å². The molecule has 1 aromatic carbocycles. The number of hydrogen-bond donors (Lipinski definition) is 1. The number of anilines is 1. The molecule has 0 unspecified atom stereocenters. The molecule has 12 heteroatoms. The molecule has 0 radical (unpaired) electrons. The van der Waals surface area contributed by atoms with Crippen LogP contribution in [0.4, 0.5) is 11.4 Å². The zero-order valence-corrected chi connectivity index (χ0v) is 15.9. The van der Waals surface area contributed by atoms with Gasteiger partial charge in [0.05, 0.1) is 34.6 Å². The van der Waals surface area contributed by atoms with Crippen molar-refractivity contribution in [2.24, 2.45) is 0 Å². The maximum absolute atomic E-state index is 12.5. The Balaban J connectivity index is 2.40. The van der Waals surface area contributed by atoms with Crippen molar-refractivity contribution in [3.05, 3.63) is 45.2 Å². The summed E-state index contributed by atoms with van der Waals surface area (Å²) in [5.74, 6) is -0.916. The van der Waals surface area contributed by atoms with Crippen LogP contribution in [0.1, 0.15) is 24.3 Å². The summed E-state index contributed by atoms with van der Waals surface area (Å²) in [5.41, 5.74) is -0.939. The van der Waals surface area contributed by atoms with E-state index in [2.05, 4.69) is 15.3 Å². The number of carbonyl (C=O) groups is 1. The van der Waals surface area contributed by atoms with Gasteiger partial charge in [0.15, 0.2) is 5.69 Å². The number of nitro groups is 1. The van der Waals surface area contributed by atoms with Crippen molar-refractivity contribution < 1.29 is 22.9 Å². The fourth-order valence-corrected chi connectivity index (χ4v) is 2.87. The second-order valence-electron chi connectivity index (χ2n) is 5.08. The van der Waals surface area contributed by atoms with Crippen molar-refractivity contribution in [2.75, 3.05) is 17.7 Å². The number of rotatable bonds is 7. The van der Waals surface area contributed by atoms with E-state index in [0.29, 0.717) is 6.61 Å². The second kappa shape index (κ2) is 8.27. The summed E-state index contributed by atoms with van der Waals surface area (Å²) >= 11 is 5.88. The van der Waals surface area contributed by atoms with Gasteiger partial charge in [-0.3, -0.25) is 14.9 Å². The lowest BCUT2D eigenvalue weighted by molar-refractivity contribution is -0.384. The molecule has 0 spiro atoms. The van der Waals surface area contributed by atoms with Gasteiger partial charge in [-0.15, -0.1) is 0 Å². The zero-order valence-electron chi connectivity index (χ0n) is 14.3. The number of nitro benzene ring substituents is 1. The van der Waals surface area contributed by atoms with Crippen LogP contribution in [0.5, 0.6) is 5.75 Å². The molecular weight excluding hydrogens is 400 g/mol. The summed E-state index contributed by atoms with van der Waals surface area (Å²) < 4.78 is 29.0. The smallest absolute Gasteiger partial charge is 0.296 e. The molecule has 0 aliphatic heterocycles. The van der Waals surface area contributed by atoms with Gasteiger partial charge in [0.1, 0.15) is 11.4 Å². The first-order valence-corrected chi connectivity index (χ1v) is 9.70. The molecule has 1 amide bonds. The normalized spacial score (nSPS) is 11.1. The molecule has 0 bridgehead atoms. The van der Waals surface area contributed by atoms with E-state index >= 15 is 0 Å². The van der Waals surface area contributed by atoms with Crippen LogP contribution in [-0.4, -0.2) is 41.6 Å². The highest BCUT2D eigenvalue weighted by molar-refractivity contribution is 7.91. The Morgan fingerprint density at radius 1 is 1.37 bits per heavy atom. The maximum Gasteiger partial charge on any atom is 0.296 e. The Morgan fingerprint density at radius 3 is 2.67 bits per heavy atom. The number of amides is 1. The number of aromatic nitrogens is 2. The molecule has 0 aliphatic carbocycles. The summed E-state index contributed by atoms with van der Waals surface area (Å²) in [6.07, 6.45) is 0.985. The van der Waals surface area contributed by atoms with Crippen LogP contribution in [0, 0.1) is 10.1 Å². The molecule has 1 aromatic heterocycles. The van der Waals surface area contributed by atoms with Crippen molar-refractivity contribution in [3.8, 4) is 5.75 Å². The van der Waals surface area contributed by atoms with Gasteiger partial charge in [0, 0.05) is 0 Å². The lowest BCUT2D eigenvalue weighted by Gasteiger charge is -2.09. The monoisotopic (exact) mass is 414 g/mol. The molecule has 2 rings (SSSR count). The largest absolute Gasteiger partial charge is 0.494 e. The minimum absolute atomic E-state index is 0.122. The third kappa shape index (κ3) is 4.68. The number of halogens is 1. The highest BCUT2D eigenvalue weighted by Crippen LogP contribution is 2.30. The Morgan fingerprint density at radius 2 is 2.07 bits per heavy atom. The zero-order chi connectivity index (χ0) is 20.2. The molecule has 27 heavy (non-hydrogen) atoms. The van der Waals surface area contributed by atoms with Crippen molar-refractivity contribution >= 4 is 38.7 Å². The van der Waals surface area contributed by atoms with Gasteiger partial charge in [-0.1, -0.05) is 18.5 Å². The third-order valence-corrected chi connectivity index (χ3v) is 5.11. The van der Waals surface area contributed by atoms with Gasteiger partial charge in [0.25, 0.3) is 11.6 Å². The molecule has 0 saturated heterocycles. The Labute approximate surface area is 159 Å². The number of ether oxygens (including phenoxy) is 1. The van der Waals surface area contributed by atoms with E-state index in [1.54, 1.807) is 6.92 Å². The van der Waals surface area contributed by atoms with Gasteiger partial charge in [0.2, 0.25) is 15.0 Å². The molecule has 2 aromatic rings. The van der Waals surface area contributed by atoms with E-state index < -0.39 is 37.2 Å². The number of carbonyl (C=O) groups excluding carboxylic acids is 1. The Kier molecular flexibility index (Phi) is 6.28. The maximum atomic E-state index is 12.5. The number of hydrogen-bond acceptors (Lipinski definition) is 8. The molecule has 10 nitrogen and oxygen atoms in total. The van der Waals surface area contributed by atoms with Crippen molar-refractivity contribution in [3.63, 3.8) is 0 Å². The van der Waals surface area contributed by atoms with Gasteiger partial charge >= 0.3 is 0 Å². The Hall–Kier alpha value is -2.79. The quantitative estimate of drug-likeness (QED) is 0.413. The fourth-order valence-electron chi connectivity index (χ4n) is 2.00. The second-order valence-corrected chi connectivity index (χ2v) is 7.65. The van der Waals surface area contributed by atoms with E-state index in [1.807, 2.05) is 0 Å². The minimum Gasteiger partial charge on any atom is -0.494 e. The Bertz CT molecular complexity index is 996. The van der Waals surface area contributed by atoms with Crippen LogP contribution in [0.25, 0.3) is 0 Å². The average molecular weight is 415 g/mol. The number of benzene rings is 1. The highest BCUT2D eigenvalue weighted by Gasteiger charge is 2.23. The first kappa shape index (κ1) is 20.5. The summed E-state index contributed by atoms with van der Waals surface area (Å²) in [6, 6.07) is 3.90.